The topological polar surface area (TPSA) is 62.0 Å². The summed E-state index contributed by atoms with van der Waals surface area (Å²) >= 11 is 7.44. The number of hydrogen-bond donors (Lipinski definition) is 1. The number of nitrogens with one attached hydrogen (secondary N) is 1. The number of hydrogen-bond acceptors (Lipinski definition) is 5. The largest absolute Gasteiger partial charge is 0.351 e. The van der Waals surface area contributed by atoms with E-state index in [9.17, 15) is 4.79 Å². The maximum Gasteiger partial charge on any atom is 0.276 e. The highest BCUT2D eigenvalue weighted by molar-refractivity contribution is 8.13. The fourth-order valence-corrected chi connectivity index (χ4v) is 4.49. The number of aryl methyl sites for hydroxylation is 1. The molecule has 8 heteroatoms. The average molecular weight is 436 g/mol. The van der Waals surface area contributed by atoms with E-state index in [2.05, 4.69) is 5.32 Å². The van der Waals surface area contributed by atoms with Gasteiger partial charge in [0, 0.05) is 29.2 Å². The van der Waals surface area contributed by atoms with E-state index in [1.807, 2.05) is 78.5 Å². The Morgan fingerprint density at radius 3 is 2.67 bits per heavy atom. The molecular weight excluding hydrogens is 418 g/mol. The van der Waals surface area contributed by atoms with Crippen LogP contribution in [0, 0.1) is 0 Å². The predicted molar refractivity (Wildman–Crippen MR) is 119 cm³/mol. The van der Waals surface area contributed by atoms with Gasteiger partial charge in [-0.3, -0.25) is 15.1 Å². The Labute approximate surface area is 182 Å². The molecule has 1 amide bonds. The van der Waals surface area contributed by atoms with Crippen molar-refractivity contribution in [1.82, 2.24) is 14.9 Å². The molecule has 2 aliphatic heterocycles. The molecule has 1 atom stereocenters. The van der Waals surface area contributed by atoms with Gasteiger partial charge in [-0.05, 0) is 35.9 Å². The van der Waals surface area contributed by atoms with E-state index >= 15 is 0 Å². The lowest BCUT2D eigenvalue weighted by Gasteiger charge is -2.34. The van der Waals surface area contributed by atoms with Crippen molar-refractivity contribution in [3.63, 3.8) is 0 Å². The number of amides is 1. The lowest BCUT2D eigenvalue weighted by atomic mass is 10.1. The van der Waals surface area contributed by atoms with Crippen LogP contribution >= 0.6 is 23.4 Å². The number of carbonyl (C=O) groups is 1. The summed E-state index contributed by atoms with van der Waals surface area (Å²) < 4.78 is 2.00. The van der Waals surface area contributed by atoms with Crippen molar-refractivity contribution >= 4 is 40.1 Å². The van der Waals surface area contributed by atoms with Crippen LogP contribution in [0.2, 0.25) is 5.02 Å². The van der Waals surface area contributed by atoms with Crippen LogP contribution in [0.4, 0.5) is 0 Å². The van der Waals surface area contributed by atoms with Gasteiger partial charge in [-0.25, -0.2) is 5.01 Å². The summed E-state index contributed by atoms with van der Waals surface area (Å²) in [5, 5.41) is 12.3. The third-order valence-electron chi connectivity index (χ3n) is 5.05. The zero-order chi connectivity index (χ0) is 20.7. The molecule has 0 saturated carbocycles. The van der Waals surface area contributed by atoms with E-state index in [0.717, 1.165) is 21.8 Å². The third kappa shape index (κ3) is 3.40. The molecule has 5 rings (SSSR count). The van der Waals surface area contributed by atoms with Gasteiger partial charge in [0.05, 0.1) is 11.1 Å². The van der Waals surface area contributed by atoms with E-state index in [0.29, 0.717) is 21.6 Å². The molecular formula is C22H18ClN5OS. The third-order valence-corrected chi connectivity index (χ3v) is 6.24. The van der Waals surface area contributed by atoms with Crippen LogP contribution in [-0.2, 0) is 17.6 Å². The number of nitrogens with zero attached hydrogens (tertiary/aromatic N) is 4. The van der Waals surface area contributed by atoms with Gasteiger partial charge >= 0.3 is 0 Å². The van der Waals surface area contributed by atoms with Crippen molar-refractivity contribution in [3.8, 4) is 0 Å². The van der Waals surface area contributed by atoms with E-state index in [1.165, 1.54) is 11.8 Å². The molecule has 1 aromatic heterocycles. The highest BCUT2D eigenvalue weighted by Gasteiger charge is 2.35. The molecule has 30 heavy (non-hydrogen) atoms. The number of carbonyl (C=O) groups excluding carboxylic acids is 1. The molecule has 1 N–H and O–H groups in total. The summed E-state index contributed by atoms with van der Waals surface area (Å²) in [5.41, 5.74) is 2.58. The Balaban J connectivity index is 1.55. The Hall–Kier alpha value is -3.03. The molecule has 0 aliphatic carbocycles. The van der Waals surface area contributed by atoms with Crippen molar-refractivity contribution < 1.29 is 4.79 Å². The van der Waals surface area contributed by atoms with Crippen LogP contribution in [0.1, 0.15) is 17.4 Å². The first-order valence-electron chi connectivity index (χ1n) is 9.45. The van der Waals surface area contributed by atoms with Gasteiger partial charge in [0.1, 0.15) is 5.70 Å². The summed E-state index contributed by atoms with van der Waals surface area (Å²) in [6.07, 6.45) is 1.56. The summed E-state index contributed by atoms with van der Waals surface area (Å²) in [4.78, 5) is 18.0. The molecule has 2 aliphatic rings. The molecule has 0 radical (unpaired) electrons. The van der Waals surface area contributed by atoms with Gasteiger partial charge in [-0.1, -0.05) is 53.7 Å². The number of fused-ring (bicyclic) bond motifs is 2. The molecule has 3 aromatic rings. The van der Waals surface area contributed by atoms with Crippen LogP contribution in [0.15, 0.2) is 77.0 Å². The maximum absolute atomic E-state index is 13.1. The van der Waals surface area contributed by atoms with Crippen molar-refractivity contribution in [2.24, 2.45) is 17.1 Å². The van der Waals surface area contributed by atoms with Crippen molar-refractivity contribution in [2.45, 2.75) is 11.9 Å². The van der Waals surface area contributed by atoms with E-state index < -0.39 is 6.17 Å². The second-order valence-electron chi connectivity index (χ2n) is 7.03. The number of benzene rings is 2. The van der Waals surface area contributed by atoms with Crippen LogP contribution in [0.3, 0.4) is 0 Å². The highest BCUT2D eigenvalue weighted by atomic mass is 35.5. The van der Waals surface area contributed by atoms with Gasteiger partial charge in [-0.2, -0.15) is 0 Å². The van der Waals surface area contributed by atoms with Gasteiger partial charge < -0.3 is 4.57 Å². The van der Waals surface area contributed by atoms with E-state index in [1.54, 1.807) is 5.01 Å². The second kappa shape index (κ2) is 7.66. The minimum atomic E-state index is -0.410. The molecule has 6 nitrogen and oxygen atoms in total. The number of rotatable bonds is 3. The molecule has 150 valence electrons. The van der Waals surface area contributed by atoms with Gasteiger partial charge in [0.2, 0.25) is 0 Å². The first kappa shape index (κ1) is 19.0. The normalized spacial score (nSPS) is 17.6. The van der Waals surface area contributed by atoms with Crippen LogP contribution in [-0.4, -0.2) is 20.7 Å². The number of para-hydroxylation sites is 1. The minimum Gasteiger partial charge on any atom is -0.351 e. The molecule has 0 bridgehead atoms. The van der Waals surface area contributed by atoms with Crippen molar-refractivity contribution in [3.05, 3.63) is 93.7 Å². The van der Waals surface area contributed by atoms with Crippen LogP contribution < -0.4 is 15.9 Å². The Bertz CT molecular complexity index is 1280. The Morgan fingerprint density at radius 1 is 1.10 bits per heavy atom. The maximum atomic E-state index is 13.1. The smallest absolute Gasteiger partial charge is 0.276 e. The SMILES string of the molecule is Cn1cccc1[C@H]1N=c2ccccc2=C2C(=O)NC(SCc3ccc(Cl)cc3)=NN21. The standard InChI is InChI=1S/C22H18ClN5OS/c1-27-12-4-7-18(27)20-24-17-6-3-2-5-16(17)19-21(29)25-22(26-28(19)20)30-13-14-8-10-15(23)11-9-14/h2-12,20H,13H2,1H3,(H,25,26,29)/t20-/m0/s1. The Morgan fingerprint density at radius 2 is 1.90 bits per heavy atom. The molecule has 0 unspecified atom stereocenters. The monoisotopic (exact) mass is 435 g/mol. The molecule has 0 fully saturated rings. The summed E-state index contributed by atoms with van der Waals surface area (Å²) in [6, 6.07) is 19.3. The molecule has 0 saturated heterocycles. The lowest BCUT2D eigenvalue weighted by Crippen LogP contribution is -2.50. The van der Waals surface area contributed by atoms with Crippen LogP contribution in [0.5, 0.6) is 0 Å². The fourth-order valence-electron chi connectivity index (χ4n) is 3.56. The number of halogens is 1. The van der Waals surface area contributed by atoms with E-state index in [-0.39, 0.29) is 5.91 Å². The quantitative estimate of drug-likeness (QED) is 0.688. The fraction of sp³-hybridized carbons (Fsp3) is 0.136. The molecule has 3 heterocycles. The first-order valence-corrected chi connectivity index (χ1v) is 10.8. The zero-order valence-corrected chi connectivity index (χ0v) is 17.7. The van der Waals surface area contributed by atoms with Crippen LogP contribution in [0.25, 0.3) is 5.70 Å². The Kier molecular flexibility index (Phi) is 4.84. The summed E-state index contributed by atoms with van der Waals surface area (Å²) in [6.45, 7) is 0. The second-order valence-corrected chi connectivity index (χ2v) is 8.43. The molecule has 2 aromatic carbocycles. The number of amidine groups is 1. The number of hydrazone groups is 1. The van der Waals surface area contributed by atoms with Gasteiger partial charge in [0.15, 0.2) is 11.3 Å². The summed E-state index contributed by atoms with van der Waals surface area (Å²) in [7, 11) is 1.97. The highest BCUT2D eigenvalue weighted by Crippen LogP contribution is 2.31. The number of thioether (sulfide) groups is 1. The molecule has 0 spiro atoms. The summed E-state index contributed by atoms with van der Waals surface area (Å²) in [5.74, 6) is 0.493. The average Bonchev–Trinajstić information content (AvgIpc) is 3.18. The van der Waals surface area contributed by atoms with E-state index in [4.69, 9.17) is 21.7 Å². The first-order chi connectivity index (χ1) is 14.6. The number of aromatic nitrogens is 1. The predicted octanol–water partition coefficient (Wildman–Crippen LogP) is 2.75. The van der Waals surface area contributed by atoms with Gasteiger partial charge in [-0.15, -0.1) is 5.10 Å². The zero-order valence-electron chi connectivity index (χ0n) is 16.1. The van der Waals surface area contributed by atoms with Crippen molar-refractivity contribution in [1.29, 1.82) is 0 Å². The van der Waals surface area contributed by atoms with Crippen molar-refractivity contribution in [2.75, 3.05) is 0 Å². The minimum absolute atomic E-state index is 0.176. The lowest BCUT2D eigenvalue weighted by molar-refractivity contribution is -0.116. The van der Waals surface area contributed by atoms with Gasteiger partial charge in [0.25, 0.3) is 5.91 Å².